The summed E-state index contributed by atoms with van der Waals surface area (Å²) >= 11 is 0. The summed E-state index contributed by atoms with van der Waals surface area (Å²) in [5, 5.41) is 20.6. The molecule has 0 amide bonds. The van der Waals surface area contributed by atoms with E-state index in [2.05, 4.69) is 33.9 Å². The maximum atomic E-state index is 13.9. The van der Waals surface area contributed by atoms with Crippen LogP contribution in [0.2, 0.25) is 18.1 Å². The van der Waals surface area contributed by atoms with Crippen LogP contribution in [-0.4, -0.2) is 73.2 Å². The van der Waals surface area contributed by atoms with Crippen molar-refractivity contribution in [3.8, 4) is 0 Å². The molecular formula is C27H48O8Si. The van der Waals surface area contributed by atoms with E-state index in [-0.39, 0.29) is 42.3 Å². The first-order chi connectivity index (χ1) is 16.5. The average Bonchev–Trinajstić information content (AvgIpc) is 3.45. The van der Waals surface area contributed by atoms with Gasteiger partial charge in [-0.3, -0.25) is 14.4 Å². The van der Waals surface area contributed by atoms with Crippen LogP contribution in [0.15, 0.2) is 12.2 Å². The van der Waals surface area contributed by atoms with Crippen molar-refractivity contribution in [1.29, 1.82) is 0 Å². The molecule has 7 atom stereocenters. The third kappa shape index (κ3) is 8.05. The highest BCUT2D eigenvalue weighted by atomic mass is 28.4. The summed E-state index contributed by atoms with van der Waals surface area (Å²) in [4.78, 5) is 37.6. The summed E-state index contributed by atoms with van der Waals surface area (Å²) in [7, 11) is -2.46. The summed E-state index contributed by atoms with van der Waals surface area (Å²) in [6, 6.07) is 0. The molecule has 1 aliphatic rings. The van der Waals surface area contributed by atoms with Crippen LogP contribution in [0.4, 0.5) is 0 Å². The van der Waals surface area contributed by atoms with Crippen molar-refractivity contribution >= 4 is 25.9 Å². The molecule has 1 fully saturated rings. The van der Waals surface area contributed by atoms with E-state index in [0.29, 0.717) is 0 Å². The van der Waals surface area contributed by atoms with Gasteiger partial charge in [-0.05, 0) is 32.0 Å². The van der Waals surface area contributed by atoms with E-state index >= 15 is 0 Å². The van der Waals surface area contributed by atoms with E-state index in [4.69, 9.17) is 13.9 Å². The first kappa shape index (κ1) is 32.6. The number of carbonyl (C=O) groups excluding carboxylic acids is 3. The normalized spacial score (nSPS) is 24.6. The molecule has 208 valence electrons. The molecule has 1 aliphatic heterocycles. The number of aliphatic hydroxyl groups is 2. The number of rotatable bonds is 15. The van der Waals surface area contributed by atoms with Crippen molar-refractivity contribution in [2.45, 2.75) is 110 Å². The fourth-order valence-corrected chi connectivity index (χ4v) is 5.70. The number of Topliss-reactive ketones (excluding diaryl/α,β-unsaturated/α-hetero) is 2. The van der Waals surface area contributed by atoms with Gasteiger partial charge >= 0.3 is 5.97 Å². The van der Waals surface area contributed by atoms with E-state index in [1.54, 1.807) is 6.92 Å². The van der Waals surface area contributed by atoms with Crippen LogP contribution < -0.4 is 0 Å². The summed E-state index contributed by atoms with van der Waals surface area (Å²) in [5.74, 6) is -3.44. The predicted molar refractivity (Wildman–Crippen MR) is 141 cm³/mol. The topological polar surface area (TPSA) is 123 Å². The van der Waals surface area contributed by atoms with E-state index in [1.165, 1.54) is 6.92 Å². The largest absolute Gasteiger partial charge is 0.465 e. The van der Waals surface area contributed by atoms with Crippen LogP contribution in [0, 0.1) is 17.8 Å². The van der Waals surface area contributed by atoms with E-state index in [0.717, 1.165) is 0 Å². The Kier molecular flexibility index (Phi) is 11.7. The summed E-state index contributed by atoms with van der Waals surface area (Å²) in [5.41, 5.74) is -0.848. The summed E-state index contributed by atoms with van der Waals surface area (Å²) in [6.07, 6.45) is 1.58. The molecule has 1 saturated heterocycles. The predicted octanol–water partition coefficient (Wildman–Crippen LogP) is 3.83. The molecule has 8 nitrogen and oxygen atoms in total. The minimum absolute atomic E-state index is 0.0522. The molecule has 0 aromatic rings. The lowest BCUT2D eigenvalue weighted by Crippen LogP contribution is -2.55. The molecule has 0 unspecified atom stereocenters. The van der Waals surface area contributed by atoms with Gasteiger partial charge in [0.15, 0.2) is 8.32 Å². The Morgan fingerprint density at radius 2 is 1.78 bits per heavy atom. The Bertz CT molecular complexity index is 802. The van der Waals surface area contributed by atoms with E-state index in [1.807, 2.05) is 32.9 Å². The minimum atomic E-state index is -2.46. The standard InChI is InChI=1S/C27H48O8Si/c1-11-13-17(3)24-27(8,34-24)25(35-36(9,10)26(5,6)7)21(16-33-18(4)29)23(32)20(15-28)22(31)14-19(30)12-2/h11,13,17,20-22,24-25,28,31H,12,14-16H2,1-10H3/b13-11-/t17-,20+,21-,22-,24+,25-,27+/m0/s1. The van der Waals surface area contributed by atoms with Gasteiger partial charge in [0.25, 0.3) is 0 Å². The molecule has 0 radical (unpaired) electrons. The van der Waals surface area contributed by atoms with E-state index < -0.39 is 56.3 Å². The zero-order valence-electron chi connectivity index (χ0n) is 23.8. The Balaban J connectivity index is 3.54. The number of hydrogen-bond acceptors (Lipinski definition) is 8. The molecule has 2 N–H and O–H groups in total. The molecule has 0 aromatic carbocycles. The van der Waals surface area contributed by atoms with Crippen molar-refractivity contribution in [1.82, 2.24) is 0 Å². The van der Waals surface area contributed by atoms with Gasteiger partial charge in [0, 0.05) is 25.7 Å². The van der Waals surface area contributed by atoms with Gasteiger partial charge in [-0.2, -0.15) is 0 Å². The molecule has 0 spiro atoms. The maximum absolute atomic E-state index is 13.9. The fraction of sp³-hybridized carbons (Fsp3) is 0.815. The van der Waals surface area contributed by atoms with Gasteiger partial charge in [-0.15, -0.1) is 0 Å². The van der Waals surface area contributed by atoms with Crippen molar-refractivity contribution in [2.24, 2.45) is 17.8 Å². The van der Waals surface area contributed by atoms with Gasteiger partial charge in [0.2, 0.25) is 0 Å². The minimum Gasteiger partial charge on any atom is -0.465 e. The summed E-state index contributed by atoms with van der Waals surface area (Å²) in [6.45, 7) is 18.3. The van der Waals surface area contributed by atoms with Crippen LogP contribution in [-0.2, 0) is 28.3 Å². The second kappa shape index (κ2) is 12.9. The molecule has 9 heteroatoms. The Hall–Kier alpha value is -1.39. The third-order valence-corrected chi connectivity index (χ3v) is 12.2. The molecule has 0 aliphatic carbocycles. The van der Waals surface area contributed by atoms with Gasteiger partial charge < -0.3 is 24.1 Å². The van der Waals surface area contributed by atoms with Gasteiger partial charge in [0.1, 0.15) is 23.8 Å². The number of esters is 1. The fourth-order valence-electron chi connectivity index (χ4n) is 4.32. The number of carbonyl (C=O) groups is 3. The van der Waals surface area contributed by atoms with Crippen molar-refractivity contribution < 1.29 is 38.5 Å². The third-order valence-electron chi connectivity index (χ3n) is 7.71. The Morgan fingerprint density at radius 1 is 1.19 bits per heavy atom. The number of ether oxygens (including phenoxy) is 2. The van der Waals surface area contributed by atoms with Crippen LogP contribution in [0.5, 0.6) is 0 Å². The highest BCUT2D eigenvalue weighted by Gasteiger charge is 2.64. The molecule has 0 aromatic heterocycles. The Labute approximate surface area is 217 Å². The first-order valence-corrected chi connectivity index (χ1v) is 15.8. The van der Waals surface area contributed by atoms with Crippen molar-refractivity contribution in [3.63, 3.8) is 0 Å². The van der Waals surface area contributed by atoms with Gasteiger partial charge in [-0.25, -0.2) is 0 Å². The number of aliphatic hydroxyl groups excluding tert-OH is 2. The van der Waals surface area contributed by atoms with Gasteiger partial charge in [0.05, 0.1) is 36.8 Å². The Morgan fingerprint density at radius 3 is 2.22 bits per heavy atom. The van der Waals surface area contributed by atoms with Crippen molar-refractivity contribution in [2.75, 3.05) is 13.2 Å². The molecule has 36 heavy (non-hydrogen) atoms. The molecule has 0 saturated carbocycles. The quantitative estimate of drug-likeness (QED) is 0.142. The number of epoxide rings is 1. The lowest BCUT2D eigenvalue weighted by Gasteiger charge is -2.43. The van der Waals surface area contributed by atoms with Crippen LogP contribution in [0.25, 0.3) is 0 Å². The van der Waals surface area contributed by atoms with Crippen LogP contribution in [0.3, 0.4) is 0 Å². The second-order valence-electron chi connectivity index (χ2n) is 11.7. The van der Waals surface area contributed by atoms with Gasteiger partial charge in [-0.1, -0.05) is 46.8 Å². The highest BCUT2D eigenvalue weighted by Crippen LogP contribution is 2.50. The smallest absolute Gasteiger partial charge is 0.302 e. The monoisotopic (exact) mass is 528 g/mol. The van der Waals surface area contributed by atoms with Crippen LogP contribution >= 0.6 is 0 Å². The zero-order valence-corrected chi connectivity index (χ0v) is 24.8. The molecule has 1 rings (SSSR count). The van der Waals surface area contributed by atoms with E-state index in [9.17, 15) is 24.6 Å². The highest BCUT2D eigenvalue weighted by molar-refractivity contribution is 6.74. The average molecular weight is 529 g/mol. The second-order valence-corrected chi connectivity index (χ2v) is 16.4. The number of ketones is 2. The maximum Gasteiger partial charge on any atom is 0.302 e. The molecular weight excluding hydrogens is 480 g/mol. The number of hydrogen-bond donors (Lipinski definition) is 2. The SMILES string of the molecule is C/C=C\[C@H](C)[C@H]1O[C@@]1(C)[C@@H](O[Si](C)(C)C(C)(C)C)[C@@H](COC(C)=O)C(=O)[C@H](CO)[C@@H](O)CC(=O)CC. The number of allylic oxidation sites excluding steroid dienone is 1. The first-order valence-electron chi connectivity index (χ1n) is 12.9. The van der Waals surface area contributed by atoms with Crippen molar-refractivity contribution in [3.05, 3.63) is 12.2 Å². The lowest BCUT2D eigenvalue weighted by atomic mass is 9.79. The molecule has 0 bridgehead atoms. The van der Waals surface area contributed by atoms with Crippen LogP contribution in [0.1, 0.15) is 68.2 Å². The lowest BCUT2D eigenvalue weighted by molar-refractivity contribution is -0.149. The zero-order chi connectivity index (χ0) is 28.1. The summed E-state index contributed by atoms with van der Waals surface area (Å²) < 4.78 is 18.4. The molecule has 1 heterocycles.